The van der Waals surface area contributed by atoms with Gasteiger partial charge in [-0.1, -0.05) is 30.3 Å². The van der Waals surface area contributed by atoms with E-state index < -0.39 is 23.5 Å². The molecule has 112 valence electrons. The molecule has 0 saturated carbocycles. The predicted molar refractivity (Wildman–Crippen MR) is 71.4 cm³/mol. The highest BCUT2D eigenvalue weighted by molar-refractivity contribution is 5.29. The van der Waals surface area contributed by atoms with Crippen LogP contribution < -0.4 is 0 Å². The van der Waals surface area contributed by atoms with Gasteiger partial charge in [-0.2, -0.15) is 13.2 Å². The third-order valence-corrected chi connectivity index (χ3v) is 3.28. The molecule has 0 aromatic heterocycles. The summed E-state index contributed by atoms with van der Waals surface area (Å²) in [6.07, 6.45) is -4.19. The Kier molecular flexibility index (Phi) is 4.63. The number of hydrogen-bond donors (Lipinski definition) is 1. The van der Waals surface area contributed by atoms with Crippen LogP contribution in [0.1, 0.15) is 22.6 Å². The molecule has 1 unspecified atom stereocenters. The van der Waals surface area contributed by atoms with Gasteiger partial charge in [0.2, 0.25) is 0 Å². The van der Waals surface area contributed by atoms with Crippen molar-refractivity contribution in [2.24, 2.45) is 0 Å². The quantitative estimate of drug-likeness (QED) is 0.840. The molecule has 0 amide bonds. The predicted octanol–water partition coefficient (Wildman–Crippen LogP) is 4.16. The number of rotatable bonds is 4. The zero-order valence-electron chi connectivity index (χ0n) is 11.1. The normalized spacial score (nSPS) is 13.2. The van der Waals surface area contributed by atoms with Crippen LogP contribution in [0.3, 0.4) is 0 Å². The minimum Gasteiger partial charge on any atom is -0.396 e. The summed E-state index contributed by atoms with van der Waals surface area (Å²) in [4.78, 5) is 0. The molecule has 1 nitrogen and oxygen atoms in total. The first-order chi connectivity index (χ1) is 9.90. The Labute approximate surface area is 119 Å². The van der Waals surface area contributed by atoms with Crippen LogP contribution in [0.15, 0.2) is 48.5 Å². The monoisotopic (exact) mass is 298 g/mol. The summed E-state index contributed by atoms with van der Waals surface area (Å²) >= 11 is 0. The molecule has 2 rings (SSSR count). The molecule has 5 heteroatoms. The summed E-state index contributed by atoms with van der Waals surface area (Å²) < 4.78 is 51.2. The zero-order valence-corrected chi connectivity index (χ0v) is 11.1. The van der Waals surface area contributed by atoms with E-state index in [-0.39, 0.29) is 13.0 Å². The highest BCUT2D eigenvalue weighted by atomic mass is 19.4. The van der Waals surface area contributed by atoms with Crippen molar-refractivity contribution in [3.8, 4) is 0 Å². The summed E-state index contributed by atoms with van der Waals surface area (Å²) in [5.41, 5.74) is 0.291. The first-order valence-electron chi connectivity index (χ1n) is 6.42. The van der Waals surface area contributed by atoms with Crippen LogP contribution >= 0.6 is 0 Å². The summed E-state index contributed by atoms with van der Waals surface area (Å²) in [7, 11) is 0. The van der Waals surface area contributed by atoms with E-state index in [4.69, 9.17) is 0 Å². The molecule has 0 aliphatic rings. The third-order valence-electron chi connectivity index (χ3n) is 3.28. The van der Waals surface area contributed by atoms with E-state index in [2.05, 4.69) is 0 Å². The fourth-order valence-electron chi connectivity index (χ4n) is 2.21. The van der Waals surface area contributed by atoms with E-state index in [9.17, 15) is 22.7 Å². The van der Waals surface area contributed by atoms with Crippen molar-refractivity contribution in [2.75, 3.05) is 6.61 Å². The van der Waals surface area contributed by atoms with E-state index >= 15 is 0 Å². The molecule has 0 fully saturated rings. The number of hydrogen-bond acceptors (Lipinski definition) is 1. The fourth-order valence-corrected chi connectivity index (χ4v) is 2.21. The summed E-state index contributed by atoms with van der Waals surface area (Å²) in [6, 6.07) is 10.7. The lowest BCUT2D eigenvalue weighted by Crippen LogP contribution is -2.10. The molecule has 1 N–H and O–H groups in total. The van der Waals surface area contributed by atoms with Gasteiger partial charge in [0.1, 0.15) is 5.82 Å². The highest BCUT2D eigenvalue weighted by Crippen LogP contribution is 2.30. The molecule has 0 saturated heterocycles. The lowest BCUT2D eigenvalue weighted by molar-refractivity contribution is -0.137. The van der Waals surface area contributed by atoms with E-state index in [1.807, 2.05) is 0 Å². The smallest absolute Gasteiger partial charge is 0.396 e. The van der Waals surface area contributed by atoms with Crippen LogP contribution in [-0.4, -0.2) is 11.7 Å². The second-order valence-corrected chi connectivity index (χ2v) is 4.84. The SMILES string of the molecule is OCC(Cc1cccc(C(F)(F)F)c1)c1cccc(F)c1. The minimum absolute atomic E-state index is 0.212. The third kappa shape index (κ3) is 4.04. The van der Waals surface area contributed by atoms with Gasteiger partial charge in [0.05, 0.1) is 12.2 Å². The molecule has 0 heterocycles. The van der Waals surface area contributed by atoms with Gasteiger partial charge in [0.15, 0.2) is 0 Å². The molecule has 1 atom stereocenters. The Morgan fingerprint density at radius 3 is 2.33 bits per heavy atom. The van der Waals surface area contributed by atoms with Crippen LogP contribution in [0.4, 0.5) is 17.6 Å². The molecule has 2 aromatic carbocycles. The summed E-state index contributed by atoms with van der Waals surface area (Å²) in [5, 5.41) is 9.42. The Morgan fingerprint density at radius 1 is 1.00 bits per heavy atom. The van der Waals surface area contributed by atoms with Gasteiger partial charge in [-0.25, -0.2) is 4.39 Å². The van der Waals surface area contributed by atoms with Crippen molar-refractivity contribution in [1.82, 2.24) is 0 Å². The topological polar surface area (TPSA) is 20.2 Å². The molecule has 0 aliphatic carbocycles. The first-order valence-corrected chi connectivity index (χ1v) is 6.42. The second kappa shape index (κ2) is 6.26. The Bertz CT molecular complexity index is 607. The lowest BCUT2D eigenvalue weighted by Gasteiger charge is -2.16. The molecule has 0 spiro atoms. The van der Waals surface area contributed by atoms with Crippen molar-refractivity contribution in [1.29, 1.82) is 0 Å². The molecular formula is C16H14F4O. The lowest BCUT2D eigenvalue weighted by atomic mass is 9.92. The zero-order chi connectivity index (χ0) is 15.5. The number of aliphatic hydroxyl groups is 1. The van der Waals surface area contributed by atoms with Crippen LogP contribution in [0.2, 0.25) is 0 Å². The van der Waals surface area contributed by atoms with Crippen molar-refractivity contribution >= 4 is 0 Å². The van der Waals surface area contributed by atoms with E-state index in [0.29, 0.717) is 11.1 Å². The number of benzene rings is 2. The average molecular weight is 298 g/mol. The Hall–Kier alpha value is -1.88. The van der Waals surface area contributed by atoms with Crippen LogP contribution in [0, 0.1) is 5.82 Å². The molecule has 0 aliphatic heterocycles. The van der Waals surface area contributed by atoms with E-state index in [0.717, 1.165) is 12.1 Å². The van der Waals surface area contributed by atoms with Gasteiger partial charge in [-0.3, -0.25) is 0 Å². The van der Waals surface area contributed by atoms with Crippen LogP contribution in [0.5, 0.6) is 0 Å². The Morgan fingerprint density at radius 2 is 1.71 bits per heavy atom. The van der Waals surface area contributed by atoms with Gasteiger partial charge in [0, 0.05) is 5.92 Å². The molecule has 0 radical (unpaired) electrons. The van der Waals surface area contributed by atoms with Gasteiger partial charge in [-0.05, 0) is 35.7 Å². The second-order valence-electron chi connectivity index (χ2n) is 4.84. The van der Waals surface area contributed by atoms with Crippen molar-refractivity contribution < 1.29 is 22.7 Å². The number of halogens is 4. The van der Waals surface area contributed by atoms with Gasteiger partial charge >= 0.3 is 6.18 Å². The van der Waals surface area contributed by atoms with Gasteiger partial charge in [-0.15, -0.1) is 0 Å². The number of aliphatic hydroxyl groups excluding tert-OH is 1. The Balaban J connectivity index is 2.23. The standard InChI is InChI=1S/C16H14F4O/c17-15-6-2-4-12(9-15)13(10-21)7-11-3-1-5-14(8-11)16(18,19)20/h1-6,8-9,13,21H,7,10H2. The number of alkyl halides is 3. The van der Waals surface area contributed by atoms with E-state index in [1.165, 1.54) is 24.3 Å². The van der Waals surface area contributed by atoms with E-state index in [1.54, 1.807) is 12.1 Å². The van der Waals surface area contributed by atoms with Gasteiger partial charge in [0.25, 0.3) is 0 Å². The van der Waals surface area contributed by atoms with Crippen molar-refractivity contribution in [2.45, 2.75) is 18.5 Å². The molecule has 21 heavy (non-hydrogen) atoms. The molecule has 0 bridgehead atoms. The maximum absolute atomic E-state index is 13.2. The molecule has 2 aromatic rings. The van der Waals surface area contributed by atoms with Crippen molar-refractivity contribution in [3.05, 3.63) is 71.0 Å². The van der Waals surface area contributed by atoms with Gasteiger partial charge < -0.3 is 5.11 Å². The minimum atomic E-state index is -4.40. The van der Waals surface area contributed by atoms with Crippen LogP contribution in [-0.2, 0) is 12.6 Å². The van der Waals surface area contributed by atoms with Crippen LogP contribution in [0.25, 0.3) is 0 Å². The first kappa shape index (κ1) is 15.5. The highest BCUT2D eigenvalue weighted by Gasteiger charge is 2.30. The maximum Gasteiger partial charge on any atom is 0.416 e. The summed E-state index contributed by atoms with van der Waals surface area (Å²) in [5.74, 6) is -0.876. The summed E-state index contributed by atoms with van der Waals surface area (Å²) in [6.45, 7) is -0.264. The largest absolute Gasteiger partial charge is 0.416 e. The van der Waals surface area contributed by atoms with Crippen molar-refractivity contribution in [3.63, 3.8) is 0 Å². The average Bonchev–Trinajstić information content (AvgIpc) is 2.44. The molecular weight excluding hydrogens is 284 g/mol. The fraction of sp³-hybridized carbons (Fsp3) is 0.250. The maximum atomic E-state index is 13.2.